The van der Waals surface area contributed by atoms with Crippen molar-refractivity contribution < 1.29 is 23.1 Å². The summed E-state index contributed by atoms with van der Waals surface area (Å²) in [5, 5.41) is 0. The van der Waals surface area contributed by atoms with Gasteiger partial charge >= 0.3 is 11.7 Å². The zero-order chi connectivity index (χ0) is 25.7. The third-order valence-corrected chi connectivity index (χ3v) is 5.39. The molecule has 0 saturated heterocycles. The number of halogens is 2. The van der Waals surface area contributed by atoms with Gasteiger partial charge in [-0.05, 0) is 30.5 Å². The molecule has 11 heteroatoms. The van der Waals surface area contributed by atoms with Crippen molar-refractivity contribution in [3.8, 4) is 0 Å². The van der Waals surface area contributed by atoms with Crippen LogP contribution in [0.2, 0.25) is 0 Å². The lowest BCUT2D eigenvalue weighted by Gasteiger charge is -2.11. The zero-order valence-electron chi connectivity index (χ0n) is 19.9. The zero-order valence-corrected chi connectivity index (χ0v) is 19.9. The Labute approximate surface area is 199 Å². The Morgan fingerprint density at radius 3 is 2.60 bits per heavy atom. The molecule has 35 heavy (non-hydrogen) atoms. The third kappa shape index (κ3) is 6.09. The van der Waals surface area contributed by atoms with Gasteiger partial charge < -0.3 is 9.30 Å². The molecule has 0 aliphatic rings. The summed E-state index contributed by atoms with van der Waals surface area (Å²) in [7, 11) is 0. The van der Waals surface area contributed by atoms with E-state index in [4.69, 9.17) is 4.74 Å². The van der Waals surface area contributed by atoms with Crippen molar-refractivity contribution in [2.24, 2.45) is 5.92 Å². The molecule has 3 aromatic rings. The number of imidazole rings is 1. The van der Waals surface area contributed by atoms with Gasteiger partial charge in [-0.25, -0.2) is 18.6 Å². The Hall–Kier alpha value is -3.63. The Bertz CT molecular complexity index is 1360. The molecule has 0 saturated carbocycles. The number of ketones is 1. The molecule has 188 valence electrons. The van der Waals surface area contributed by atoms with E-state index < -0.39 is 46.8 Å². The maximum Gasteiger partial charge on any atom is 0.330 e. The first-order chi connectivity index (χ1) is 16.6. The predicted molar refractivity (Wildman–Crippen MR) is 124 cm³/mol. The normalized spacial score (nSPS) is 11.4. The first-order valence-electron chi connectivity index (χ1n) is 11.5. The number of aromatic nitrogens is 4. The summed E-state index contributed by atoms with van der Waals surface area (Å²) in [6.07, 6.45) is 1.48. The molecular weight excluding hydrogens is 462 g/mol. The van der Waals surface area contributed by atoms with E-state index in [0.29, 0.717) is 18.9 Å². The van der Waals surface area contributed by atoms with Gasteiger partial charge in [0.1, 0.15) is 17.5 Å². The smallest absolute Gasteiger partial charge is 0.330 e. The van der Waals surface area contributed by atoms with Gasteiger partial charge in [-0.1, -0.05) is 27.2 Å². The van der Waals surface area contributed by atoms with E-state index in [-0.39, 0.29) is 29.9 Å². The van der Waals surface area contributed by atoms with Crippen LogP contribution in [0.25, 0.3) is 11.2 Å². The Morgan fingerprint density at radius 1 is 1.17 bits per heavy atom. The topological polar surface area (TPSA) is 116 Å². The largest absolute Gasteiger partial charge is 0.457 e. The van der Waals surface area contributed by atoms with E-state index in [9.17, 15) is 28.0 Å². The van der Waals surface area contributed by atoms with Crippen LogP contribution in [0.1, 0.15) is 56.2 Å². The van der Waals surface area contributed by atoms with E-state index in [0.717, 1.165) is 31.0 Å². The molecule has 0 spiro atoms. The average molecular weight is 491 g/mol. The molecule has 2 heterocycles. The number of nitrogens with one attached hydrogen (secondary N) is 1. The van der Waals surface area contributed by atoms with Crippen molar-refractivity contribution in [2.75, 3.05) is 6.61 Å². The highest BCUT2D eigenvalue weighted by Gasteiger charge is 2.21. The van der Waals surface area contributed by atoms with Gasteiger partial charge in [-0.2, -0.15) is 0 Å². The molecule has 0 aliphatic heterocycles. The van der Waals surface area contributed by atoms with E-state index in [1.54, 1.807) is 4.57 Å². The fourth-order valence-electron chi connectivity index (χ4n) is 3.71. The number of fused-ring (bicyclic) bond motifs is 1. The quantitative estimate of drug-likeness (QED) is 0.326. The number of aromatic amines is 1. The van der Waals surface area contributed by atoms with E-state index in [1.165, 1.54) is 4.57 Å². The molecule has 0 unspecified atom stereocenters. The van der Waals surface area contributed by atoms with Crippen LogP contribution in [0.4, 0.5) is 8.78 Å². The second-order valence-electron chi connectivity index (χ2n) is 8.68. The van der Waals surface area contributed by atoms with Gasteiger partial charge in [0, 0.05) is 19.5 Å². The molecule has 0 amide bonds. The summed E-state index contributed by atoms with van der Waals surface area (Å²) in [6, 6.07) is 2.45. The number of hydrogen-bond donors (Lipinski definition) is 1. The van der Waals surface area contributed by atoms with Crippen LogP contribution in [-0.2, 0) is 29.0 Å². The summed E-state index contributed by atoms with van der Waals surface area (Å²) in [4.78, 5) is 56.3. The molecule has 1 N–H and O–H groups in total. The highest BCUT2D eigenvalue weighted by atomic mass is 19.1. The van der Waals surface area contributed by atoms with Crippen LogP contribution in [0, 0.1) is 17.6 Å². The number of Topliss-reactive ketones (excluding diaryl/α,β-unsaturated/α-hetero) is 1. The van der Waals surface area contributed by atoms with Gasteiger partial charge in [-0.15, -0.1) is 0 Å². The van der Waals surface area contributed by atoms with Gasteiger partial charge in [0.05, 0.1) is 12.0 Å². The Kier molecular flexibility index (Phi) is 8.31. The molecule has 1 aromatic carbocycles. The van der Waals surface area contributed by atoms with Crippen LogP contribution >= 0.6 is 0 Å². The fraction of sp³-hybridized carbons (Fsp3) is 0.458. The van der Waals surface area contributed by atoms with Crippen molar-refractivity contribution in [3.05, 3.63) is 62.1 Å². The molecule has 0 fully saturated rings. The number of aryl methyl sites for hydroxylation is 2. The minimum atomic E-state index is -0.908. The minimum absolute atomic E-state index is 0.0875. The standard InChI is InChI=1S/C24H28F2N4O5/c1-4-5-10-29-22-21(23(33)28-24(29)34)30(12-14(2)3)19(27-22)8-9-20(32)35-13-18(31)16-11-15(25)6-7-17(16)26/h6-7,11,14H,4-5,8-10,12-13H2,1-3H3,(H,28,33,34). The summed E-state index contributed by atoms with van der Waals surface area (Å²) in [5.41, 5.74) is -1.08. The minimum Gasteiger partial charge on any atom is -0.457 e. The molecule has 0 radical (unpaired) electrons. The van der Waals surface area contributed by atoms with E-state index in [1.807, 2.05) is 20.8 Å². The summed E-state index contributed by atoms with van der Waals surface area (Å²) < 4.78 is 35.1. The SMILES string of the molecule is CCCCn1c(=O)[nH]c(=O)c2c1nc(CCC(=O)OCC(=O)c1cc(F)ccc1F)n2CC(C)C. The Morgan fingerprint density at radius 2 is 1.91 bits per heavy atom. The molecule has 0 bridgehead atoms. The number of benzene rings is 1. The van der Waals surface area contributed by atoms with Crippen molar-refractivity contribution in [1.82, 2.24) is 19.1 Å². The number of nitrogens with zero attached hydrogens (tertiary/aromatic N) is 3. The fourth-order valence-corrected chi connectivity index (χ4v) is 3.71. The highest BCUT2D eigenvalue weighted by Crippen LogP contribution is 2.17. The number of esters is 1. The van der Waals surface area contributed by atoms with E-state index in [2.05, 4.69) is 9.97 Å². The van der Waals surface area contributed by atoms with Gasteiger partial charge in [-0.3, -0.25) is 23.9 Å². The molecular formula is C24H28F2N4O5. The lowest BCUT2D eigenvalue weighted by Crippen LogP contribution is -2.31. The lowest BCUT2D eigenvalue weighted by atomic mass is 10.1. The van der Waals surface area contributed by atoms with Crippen LogP contribution in [0.3, 0.4) is 0 Å². The number of rotatable bonds is 11. The lowest BCUT2D eigenvalue weighted by molar-refractivity contribution is -0.142. The summed E-state index contributed by atoms with van der Waals surface area (Å²) in [6.45, 7) is 5.99. The Balaban J connectivity index is 1.80. The second kappa shape index (κ2) is 11.2. The third-order valence-electron chi connectivity index (χ3n) is 5.39. The molecule has 3 rings (SSSR count). The van der Waals surface area contributed by atoms with Crippen molar-refractivity contribution in [2.45, 2.75) is 59.5 Å². The average Bonchev–Trinajstić information content (AvgIpc) is 3.15. The number of hydrogen-bond acceptors (Lipinski definition) is 6. The highest BCUT2D eigenvalue weighted by molar-refractivity contribution is 5.98. The maximum atomic E-state index is 13.7. The predicted octanol–water partition coefficient (Wildman–Crippen LogP) is 2.98. The number of unbranched alkanes of at least 4 members (excludes halogenated alkanes) is 1. The number of H-pyrrole nitrogens is 1. The van der Waals surface area contributed by atoms with Crippen LogP contribution in [0.5, 0.6) is 0 Å². The van der Waals surface area contributed by atoms with Gasteiger partial charge in [0.25, 0.3) is 5.56 Å². The van der Waals surface area contributed by atoms with E-state index >= 15 is 0 Å². The van der Waals surface area contributed by atoms with Crippen molar-refractivity contribution in [1.29, 1.82) is 0 Å². The maximum absolute atomic E-state index is 13.7. The molecule has 9 nitrogen and oxygen atoms in total. The van der Waals surface area contributed by atoms with Crippen LogP contribution in [-0.4, -0.2) is 37.5 Å². The van der Waals surface area contributed by atoms with Crippen molar-refractivity contribution >= 4 is 22.9 Å². The second-order valence-corrected chi connectivity index (χ2v) is 8.68. The first-order valence-corrected chi connectivity index (χ1v) is 11.5. The number of carbonyl (C=O) groups is 2. The summed E-state index contributed by atoms with van der Waals surface area (Å²) >= 11 is 0. The van der Waals surface area contributed by atoms with Gasteiger partial charge in [0.2, 0.25) is 5.78 Å². The molecule has 0 atom stereocenters. The van der Waals surface area contributed by atoms with Gasteiger partial charge in [0.15, 0.2) is 17.8 Å². The monoisotopic (exact) mass is 490 g/mol. The van der Waals surface area contributed by atoms with Crippen molar-refractivity contribution in [3.63, 3.8) is 0 Å². The van der Waals surface area contributed by atoms with Crippen LogP contribution < -0.4 is 11.2 Å². The molecule has 0 aliphatic carbocycles. The number of ether oxygens (including phenoxy) is 1. The van der Waals surface area contributed by atoms with Crippen LogP contribution in [0.15, 0.2) is 27.8 Å². The summed E-state index contributed by atoms with van der Waals surface area (Å²) in [5.74, 6) is -2.72. The molecule has 2 aromatic heterocycles. The first kappa shape index (κ1) is 26.0. The number of carbonyl (C=O) groups excluding carboxylic acids is 2.